The number of amides is 3. The lowest BCUT2D eigenvalue weighted by Crippen LogP contribution is -2.48. The Morgan fingerprint density at radius 1 is 1.18 bits per heavy atom. The van der Waals surface area contributed by atoms with Crippen molar-refractivity contribution in [3.63, 3.8) is 0 Å². The first-order chi connectivity index (χ1) is 19.1. The maximum absolute atomic E-state index is 14.0. The van der Waals surface area contributed by atoms with Crippen LogP contribution in [0.25, 0.3) is 0 Å². The first-order valence-electron chi connectivity index (χ1n) is 13.6. The van der Waals surface area contributed by atoms with E-state index < -0.39 is 47.0 Å². The molecule has 14 heteroatoms. The van der Waals surface area contributed by atoms with Gasteiger partial charge in [-0.3, -0.25) is 25.1 Å². The summed E-state index contributed by atoms with van der Waals surface area (Å²) in [5.74, 6) is -2.67. The third kappa shape index (κ3) is 7.27. The number of rotatable bonds is 9. The Labute approximate surface area is 237 Å². The van der Waals surface area contributed by atoms with Crippen molar-refractivity contribution < 1.29 is 33.4 Å². The molecule has 1 unspecified atom stereocenters. The van der Waals surface area contributed by atoms with Gasteiger partial charge in [0.2, 0.25) is 5.91 Å². The number of nitrogens with zero attached hydrogens (tertiary/aromatic N) is 3. The lowest BCUT2D eigenvalue weighted by Gasteiger charge is -2.37. The summed E-state index contributed by atoms with van der Waals surface area (Å²) in [4.78, 5) is 71.3. The number of nitrogens with one attached hydrogen (secondary N) is 2. The number of methoxy groups -OCH3 is 1. The van der Waals surface area contributed by atoms with Gasteiger partial charge in [-0.1, -0.05) is 37.9 Å². The number of hydrogen-bond acceptors (Lipinski definition) is 11. The van der Waals surface area contributed by atoms with Crippen molar-refractivity contribution in [3.05, 3.63) is 10.6 Å². The Hall–Kier alpha value is -3.26. The fourth-order valence-corrected chi connectivity index (χ4v) is 6.47. The zero-order valence-electron chi connectivity index (χ0n) is 23.1. The van der Waals surface area contributed by atoms with E-state index in [0.29, 0.717) is 38.6 Å². The lowest BCUT2D eigenvalue weighted by atomic mass is 9.93. The standard InChI is InChI=1S/C26H38N6O7S/c1-4-13-39-18(33)14-29-23(35)25-32(16-9-6-5-7-10-16)19(22(28)30-26(37)38-3)21(40-25)20(34)17-11-8-12-31(17)24(36)15(2)27/h14-17,25H,4-13,27H2,1-3H3,(H2,28,30,37)/t15-,17-,25?/m0/s1. The molecule has 4 N–H and O–H groups in total. The number of carbonyl (C=O) groups is 5. The van der Waals surface area contributed by atoms with Crippen molar-refractivity contribution >= 4 is 53.5 Å². The van der Waals surface area contributed by atoms with Gasteiger partial charge in [-0.05, 0) is 39.0 Å². The molecule has 0 aromatic carbocycles. The SMILES string of the molecule is CCCOC(=O)C=NC(=O)C1SC(C(=O)[C@@H]2CCCN2C(=O)[C@H](C)N)=C(C(=N)NC(=O)OC)N1C1CCCCC1. The van der Waals surface area contributed by atoms with Gasteiger partial charge in [0.1, 0.15) is 6.21 Å². The van der Waals surface area contributed by atoms with Crippen molar-refractivity contribution in [3.8, 4) is 0 Å². The molecule has 2 fully saturated rings. The second-order valence-electron chi connectivity index (χ2n) is 9.95. The highest BCUT2D eigenvalue weighted by molar-refractivity contribution is 8.05. The Kier molecular flexibility index (Phi) is 11.3. The molecule has 2 heterocycles. The summed E-state index contributed by atoms with van der Waals surface area (Å²) in [6, 6.07) is -1.84. The number of esters is 1. The Morgan fingerprint density at radius 3 is 2.50 bits per heavy atom. The summed E-state index contributed by atoms with van der Waals surface area (Å²) < 4.78 is 9.65. The van der Waals surface area contributed by atoms with Gasteiger partial charge in [0, 0.05) is 12.6 Å². The van der Waals surface area contributed by atoms with Gasteiger partial charge < -0.3 is 25.0 Å². The average Bonchev–Trinajstić information content (AvgIpc) is 3.60. The molecule has 3 rings (SSSR count). The first kappa shape index (κ1) is 31.3. The molecule has 0 bridgehead atoms. The van der Waals surface area contributed by atoms with Crippen LogP contribution in [0.3, 0.4) is 0 Å². The molecule has 1 saturated heterocycles. The minimum Gasteiger partial charge on any atom is -0.461 e. The van der Waals surface area contributed by atoms with Crippen LogP contribution in [0, 0.1) is 5.41 Å². The Balaban J connectivity index is 2.04. The van der Waals surface area contributed by atoms with E-state index in [0.717, 1.165) is 44.3 Å². The van der Waals surface area contributed by atoms with E-state index in [-0.39, 0.29) is 29.2 Å². The van der Waals surface area contributed by atoms with Crippen LogP contribution >= 0.6 is 11.8 Å². The monoisotopic (exact) mass is 578 g/mol. The zero-order chi connectivity index (χ0) is 29.4. The number of amidine groups is 1. The number of carbonyl (C=O) groups excluding carboxylic acids is 5. The fraction of sp³-hybridized carbons (Fsp3) is 0.654. The molecule has 0 radical (unpaired) electrons. The second-order valence-corrected chi connectivity index (χ2v) is 11.0. The number of nitrogens with two attached hydrogens (primary N) is 1. The third-order valence-electron chi connectivity index (χ3n) is 6.98. The molecule has 40 heavy (non-hydrogen) atoms. The zero-order valence-corrected chi connectivity index (χ0v) is 24.0. The molecule has 0 spiro atoms. The van der Waals surface area contributed by atoms with E-state index in [1.807, 2.05) is 6.92 Å². The lowest BCUT2D eigenvalue weighted by molar-refractivity contribution is -0.137. The Morgan fingerprint density at radius 2 is 1.88 bits per heavy atom. The number of likely N-dealkylation sites (tertiary alicyclic amines) is 1. The molecule has 2 aliphatic heterocycles. The highest BCUT2D eigenvalue weighted by Gasteiger charge is 2.48. The molecule has 3 atom stereocenters. The topological polar surface area (TPSA) is 185 Å². The van der Waals surface area contributed by atoms with Crippen LogP contribution in [0.2, 0.25) is 0 Å². The molecule has 1 saturated carbocycles. The smallest absolute Gasteiger partial charge is 0.412 e. The van der Waals surface area contributed by atoms with Gasteiger partial charge in [-0.2, -0.15) is 0 Å². The maximum Gasteiger partial charge on any atom is 0.412 e. The van der Waals surface area contributed by atoms with E-state index in [2.05, 4.69) is 15.0 Å². The molecule has 220 valence electrons. The molecule has 3 aliphatic rings. The second kappa shape index (κ2) is 14.4. The summed E-state index contributed by atoms with van der Waals surface area (Å²) in [7, 11) is 1.15. The van der Waals surface area contributed by atoms with Crippen molar-refractivity contribution in [2.24, 2.45) is 10.7 Å². The normalized spacial score (nSPS) is 22.4. The molecule has 1 aliphatic carbocycles. The third-order valence-corrected chi connectivity index (χ3v) is 8.26. The van der Waals surface area contributed by atoms with Gasteiger partial charge in [0.15, 0.2) is 17.0 Å². The van der Waals surface area contributed by atoms with Crippen LogP contribution in [0.15, 0.2) is 15.6 Å². The van der Waals surface area contributed by atoms with E-state index in [9.17, 15) is 24.0 Å². The number of thioether (sulfide) groups is 1. The molecule has 3 amide bonds. The van der Waals surface area contributed by atoms with E-state index >= 15 is 0 Å². The maximum atomic E-state index is 14.0. The molecular formula is C26H38N6O7S. The summed E-state index contributed by atoms with van der Waals surface area (Å²) in [6.07, 6.45) is 5.68. The van der Waals surface area contributed by atoms with Crippen LogP contribution in [0.5, 0.6) is 0 Å². The number of ether oxygens (including phenoxy) is 2. The number of alkyl carbamates (subject to hydrolysis) is 1. The van der Waals surface area contributed by atoms with Crippen molar-refractivity contribution in [2.75, 3.05) is 20.3 Å². The van der Waals surface area contributed by atoms with Gasteiger partial charge >= 0.3 is 12.1 Å². The minimum absolute atomic E-state index is 0.0726. The predicted molar refractivity (Wildman–Crippen MR) is 149 cm³/mol. The van der Waals surface area contributed by atoms with E-state index in [1.54, 1.807) is 11.8 Å². The van der Waals surface area contributed by atoms with E-state index in [4.69, 9.17) is 15.9 Å². The van der Waals surface area contributed by atoms with Crippen molar-refractivity contribution in [2.45, 2.75) is 88.7 Å². The highest BCUT2D eigenvalue weighted by atomic mass is 32.2. The van der Waals surface area contributed by atoms with Gasteiger partial charge in [0.05, 0.1) is 36.4 Å². The molecule has 0 aromatic rings. The van der Waals surface area contributed by atoms with Crippen LogP contribution < -0.4 is 11.1 Å². The van der Waals surface area contributed by atoms with Crippen LogP contribution in [0.1, 0.15) is 65.2 Å². The number of ketones is 1. The number of aliphatic imine (C=N–C) groups is 1. The van der Waals surface area contributed by atoms with Crippen LogP contribution in [-0.2, 0) is 28.7 Å². The molecular weight excluding hydrogens is 540 g/mol. The minimum atomic E-state index is -1.06. The first-order valence-corrected chi connectivity index (χ1v) is 14.5. The highest BCUT2D eigenvalue weighted by Crippen LogP contribution is 2.45. The summed E-state index contributed by atoms with van der Waals surface area (Å²) in [5, 5.41) is 10.0. The number of hydrogen-bond donors (Lipinski definition) is 3. The predicted octanol–water partition coefficient (Wildman–Crippen LogP) is 1.70. The molecule has 0 aromatic heterocycles. The van der Waals surface area contributed by atoms with Crippen molar-refractivity contribution in [1.29, 1.82) is 5.41 Å². The van der Waals surface area contributed by atoms with Crippen LogP contribution in [-0.4, -0.2) is 95.3 Å². The molecule has 13 nitrogen and oxygen atoms in total. The Bertz CT molecular complexity index is 1090. The summed E-state index contributed by atoms with van der Waals surface area (Å²) in [5.41, 5.74) is 5.90. The number of Topliss-reactive ketones (excluding diaryl/α,β-unsaturated/α-hetero) is 1. The quantitative estimate of drug-likeness (QED) is 0.207. The van der Waals surface area contributed by atoms with E-state index in [1.165, 1.54) is 4.90 Å². The van der Waals surface area contributed by atoms with Gasteiger partial charge in [-0.15, -0.1) is 0 Å². The summed E-state index contributed by atoms with van der Waals surface area (Å²) >= 11 is 0.917. The summed E-state index contributed by atoms with van der Waals surface area (Å²) in [6.45, 7) is 3.93. The van der Waals surface area contributed by atoms with Gasteiger partial charge in [-0.25, -0.2) is 14.6 Å². The largest absolute Gasteiger partial charge is 0.461 e. The van der Waals surface area contributed by atoms with Gasteiger partial charge in [0.25, 0.3) is 5.91 Å². The average molecular weight is 579 g/mol. The fourth-order valence-electron chi connectivity index (χ4n) is 5.13. The van der Waals surface area contributed by atoms with Crippen LogP contribution in [0.4, 0.5) is 4.79 Å². The van der Waals surface area contributed by atoms with Crippen molar-refractivity contribution in [1.82, 2.24) is 15.1 Å².